The maximum atomic E-state index is 9.65. The first-order chi connectivity index (χ1) is 6.41. The average molecular weight is 236 g/mol. The Balaban J connectivity index is 2.99. The van der Waals surface area contributed by atoms with E-state index in [0.717, 1.165) is 11.5 Å². The first-order valence-electron chi connectivity index (χ1n) is 3.40. The van der Waals surface area contributed by atoms with Crippen LogP contribution in [0, 0.1) is 0 Å². The molecule has 72 valence electrons. The molecule has 13 heavy (non-hydrogen) atoms. The Morgan fingerprint density at radius 3 is 1.77 bits per heavy atom. The van der Waals surface area contributed by atoms with Crippen LogP contribution in [0.1, 0.15) is 0 Å². The molecule has 0 aromatic rings. The monoisotopic (exact) mass is 236 g/mol. The van der Waals surface area contributed by atoms with Crippen molar-refractivity contribution in [1.82, 2.24) is 0 Å². The Hall–Kier alpha value is -0.190. The van der Waals surface area contributed by atoms with Crippen LogP contribution in [0.2, 0.25) is 0 Å². The fraction of sp³-hybridized carbons (Fsp3) is 0.667. The van der Waals surface area contributed by atoms with Crippen molar-refractivity contribution in [2.45, 2.75) is 0 Å². The third-order valence-electron chi connectivity index (χ3n) is 0.798. The molecular formula is C6H8N2O2S3. The van der Waals surface area contributed by atoms with Crippen LogP contribution < -0.4 is 0 Å². The Morgan fingerprint density at radius 1 is 0.923 bits per heavy atom. The van der Waals surface area contributed by atoms with Gasteiger partial charge < -0.3 is 0 Å². The van der Waals surface area contributed by atoms with Crippen LogP contribution >= 0.6 is 31.4 Å². The number of hydrogen-bond donors (Lipinski definition) is 0. The number of rotatable bonds is 8. The quantitative estimate of drug-likeness (QED) is 0.278. The van der Waals surface area contributed by atoms with Gasteiger partial charge in [0.1, 0.15) is 0 Å². The van der Waals surface area contributed by atoms with Crippen molar-refractivity contribution in [3.8, 4) is 0 Å². The molecule has 0 saturated carbocycles. The highest BCUT2D eigenvalue weighted by molar-refractivity contribution is 9.09. The summed E-state index contributed by atoms with van der Waals surface area (Å²) in [6.45, 7) is 1.02. The van der Waals surface area contributed by atoms with Crippen molar-refractivity contribution < 1.29 is 9.59 Å². The number of hydrogen-bond acceptors (Lipinski definition) is 7. The fourth-order valence-corrected chi connectivity index (χ4v) is 3.79. The van der Waals surface area contributed by atoms with E-state index in [2.05, 4.69) is 9.98 Å². The highest BCUT2D eigenvalue weighted by Gasteiger charge is 1.90. The highest BCUT2D eigenvalue weighted by atomic mass is 33.5. The van der Waals surface area contributed by atoms with Crippen LogP contribution in [-0.2, 0) is 9.59 Å². The topological polar surface area (TPSA) is 58.9 Å². The Bertz CT molecular complexity index is 190. The van der Waals surface area contributed by atoms with Gasteiger partial charge in [-0.3, -0.25) is 0 Å². The van der Waals surface area contributed by atoms with Gasteiger partial charge in [-0.2, -0.15) is 0 Å². The van der Waals surface area contributed by atoms with Crippen molar-refractivity contribution in [3.63, 3.8) is 0 Å². The van der Waals surface area contributed by atoms with Crippen molar-refractivity contribution >= 4 is 43.6 Å². The van der Waals surface area contributed by atoms with Crippen molar-refractivity contribution in [1.29, 1.82) is 0 Å². The average Bonchev–Trinajstić information content (AvgIpc) is 2.16. The Morgan fingerprint density at radius 2 is 1.38 bits per heavy atom. The minimum atomic E-state index is 0.508. The lowest BCUT2D eigenvalue weighted by Crippen LogP contribution is -1.82. The number of isocyanates is 2. The van der Waals surface area contributed by atoms with E-state index in [4.69, 9.17) is 0 Å². The second-order valence-corrected chi connectivity index (χ2v) is 6.13. The summed E-state index contributed by atoms with van der Waals surface area (Å²) in [4.78, 5) is 26.1. The molecule has 0 radical (unpaired) electrons. The molecule has 0 heterocycles. The lowest BCUT2D eigenvalue weighted by Gasteiger charge is -1.94. The maximum absolute atomic E-state index is 9.65. The molecule has 0 aliphatic carbocycles. The third-order valence-corrected chi connectivity index (χ3v) is 5.00. The molecule has 0 saturated heterocycles. The second kappa shape index (κ2) is 11.8. The standard InChI is InChI=1S/C6H8N2O2S3/c9-5-7-1-3-11-13-12-4-2-8-6-10/h1-4H2. The van der Waals surface area contributed by atoms with Gasteiger partial charge in [0.15, 0.2) is 0 Å². The smallest absolute Gasteiger partial charge is 0.211 e. The zero-order valence-electron chi connectivity index (χ0n) is 6.76. The molecule has 0 unspecified atom stereocenters. The van der Waals surface area contributed by atoms with E-state index in [1.54, 1.807) is 31.4 Å². The first kappa shape index (κ1) is 12.8. The van der Waals surface area contributed by atoms with Gasteiger partial charge in [0, 0.05) is 11.5 Å². The fourth-order valence-electron chi connectivity index (χ4n) is 0.359. The molecule has 0 amide bonds. The minimum absolute atomic E-state index is 0.508. The van der Waals surface area contributed by atoms with E-state index in [1.807, 2.05) is 0 Å². The lowest BCUT2D eigenvalue weighted by atomic mass is 10.8. The maximum Gasteiger partial charge on any atom is 0.234 e. The van der Waals surface area contributed by atoms with E-state index < -0.39 is 0 Å². The Kier molecular flexibility index (Phi) is 11.6. The normalized spacial score (nSPS) is 8.62. The van der Waals surface area contributed by atoms with E-state index >= 15 is 0 Å². The van der Waals surface area contributed by atoms with E-state index in [9.17, 15) is 9.59 Å². The lowest BCUT2D eigenvalue weighted by molar-refractivity contribution is 0.562. The van der Waals surface area contributed by atoms with Crippen LogP contribution in [0.5, 0.6) is 0 Å². The zero-order chi connectivity index (χ0) is 9.78. The SMILES string of the molecule is O=C=NCCSSSCCN=C=O. The predicted octanol–water partition coefficient (Wildman–Crippen LogP) is 1.69. The molecule has 0 N–H and O–H groups in total. The molecule has 0 spiro atoms. The van der Waals surface area contributed by atoms with Crippen molar-refractivity contribution in [3.05, 3.63) is 0 Å². The minimum Gasteiger partial charge on any atom is -0.211 e. The van der Waals surface area contributed by atoms with Crippen LogP contribution in [0.4, 0.5) is 0 Å². The van der Waals surface area contributed by atoms with E-state index in [0.29, 0.717) is 13.1 Å². The first-order valence-corrected chi connectivity index (χ1v) is 7.22. The van der Waals surface area contributed by atoms with Gasteiger partial charge in [-0.15, -0.1) is 0 Å². The van der Waals surface area contributed by atoms with Crippen LogP contribution in [0.15, 0.2) is 9.98 Å². The van der Waals surface area contributed by atoms with Gasteiger partial charge in [-0.05, 0) is 9.83 Å². The summed E-state index contributed by atoms with van der Waals surface area (Å²) < 4.78 is 0. The highest BCUT2D eigenvalue weighted by Crippen LogP contribution is 2.33. The largest absolute Gasteiger partial charge is 0.234 e. The summed E-state index contributed by atoms with van der Waals surface area (Å²) >= 11 is 0. The summed E-state index contributed by atoms with van der Waals surface area (Å²) in [5.41, 5.74) is 0. The molecule has 0 rings (SSSR count). The van der Waals surface area contributed by atoms with Gasteiger partial charge in [0.2, 0.25) is 12.2 Å². The van der Waals surface area contributed by atoms with Gasteiger partial charge in [-0.25, -0.2) is 19.6 Å². The second-order valence-electron chi connectivity index (χ2n) is 1.66. The van der Waals surface area contributed by atoms with Crippen LogP contribution in [0.3, 0.4) is 0 Å². The molecule has 0 aromatic heterocycles. The third kappa shape index (κ3) is 11.8. The summed E-state index contributed by atoms with van der Waals surface area (Å²) in [7, 11) is 4.84. The molecule has 0 aliphatic rings. The molecule has 4 nitrogen and oxygen atoms in total. The molecular weight excluding hydrogens is 228 g/mol. The summed E-state index contributed by atoms with van der Waals surface area (Å²) in [5, 5.41) is 0. The van der Waals surface area contributed by atoms with Gasteiger partial charge in [-0.1, -0.05) is 21.6 Å². The molecule has 0 fully saturated rings. The summed E-state index contributed by atoms with van der Waals surface area (Å²) in [5.74, 6) is 1.59. The predicted molar refractivity (Wildman–Crippen MR) is 58.5 cm³/mol. The van der Waals surface area contributed by atoms with Gasteiger partial charge in [0.25, 0.3) is 0 Å². The van der Waals surface area contributed by atoms with Gasteiger partial charge in [0.05, 0.1) is 13.1 Å². The van der Waals surface area contributed by atoms with Gasteiger partial charge >= 0.3 is 0 Å². The summed E-state index contributed by atoms with van der Waals surface area (Å²) in [6, 6.07) is 0. The summed E-state index contributed by atoms with van der Waals surface area (Å²) in [6.07, 6.45) is 2.95. The Labute approximate surface area is 87.8 Å². The van der Waals surface area contributed by atoms with Crippen LogP contribution in [-0.4, -0.2) is 36.8 Å². The molecule has 0 aromatic carbocycles. The molecule has 0 bridgehead atoms. The van der Waals surface area contributed by atoms with E-state index in [1.165, 1.54) is 12.2 Å². The number of aliphatic imine (C=N–C) groups is 2. The zero-order valence-corrected chi connectivity index (χ0v) is 9.21. The number of carbonyl (C=O) groups excluding carboxylic acids is 2. The van der Waals surface area contributed by atoms with E-state index in [-0.39, 0.29) is 0 Å². The van der Waals surface area contributed by atoms with Crippen LogP contribution in [0.25, 0.3) is 0 Å². The molecule has 0 aliphatic heterocycles. The van der Waals surface area contributed by atoms with Crippen molar-refractivity contribution in [2.75, 3.05) is 24.6 Å². The molecule has 0 atom stereocenters. The number of nitrogens with zero attached hydrogens (tertiary/aromatic N) is 2. The van der Waals surface area contributed by atoms with Crippen molar-refractivity contribution in [2.24, 2.45) is 9.98 Å². The molecule has 7 heteroatoms.